The third-order valence-corrected chi connectivity index (χ3v) is 6.96. The molecule has 34 heavy (non-hydrogen) atoms. The van der Waals surface area contributed by atoms with Gasteiger partial charge in [0.05, 0.1) is 22.5 Å². The van der Waals surface area contributed by atoms with E-state index < -0.39 is 0 Å². The molecule has 5 rings (SSSR count). The largest absolute Gasteiger partial charge is 0.298 e. The molecule has 0 unspecified atom stereocenters. The van der Waals surface area contributed by atoms with Gasteiger partial charge in [0, 0.05) is 21.4 Å². The monoisotopic (exact) mass is 463 g/mol. The van der Waals surface area contributed by atoms with Crippen LogP contribution in [0.3, 0.4) is 0 Å². The SMILES string of the molecule is Cc1cccc(-c2cc(C(=O)Nc3nc(-c4ccc(C)c(C)c4)c(C)s3)c3ccccc3n2)c1. The average molecular weight is 464 g/mol. The minimum Gasteiger partial charge on any atom is -0.298 e. The van der Waals surface area contributed by atoms with E-state index in [0.717, 1.165) is 43.9 Å². The van der Waals surface area contributed by atoms with Gasteiger partial charge in [0.2, 0.25) is 0 Å². The molecule has 1 amide bonds. The number of rotatable bonds is 4. The maximum atomic E-state index is 13.5. The highest BCUT2D eigenvalue weighted by Crippen LogP contribution is 2.32. The van der Waals surface area contributed by atoms with Crippen LogP contribution in [-0.2, 0) is 0 Å². The molecule has 0 atom stereocenters. The summed E-state index contributed by atoms with van der Waals surface area (Å²) in [6.07, 6.45) is 0. The molecule has 4 nitrogen and oxygen atoms in total. The molecule has 2 heterocycles. The standard InChI is InChI=1S/C29H25N3OS/c1-17-8-7-9-21(14-17)26-16-24(23-10-5-6-11-25(23)30-26)28(33)32-29-31-27(20(4)34-29)22-13-12-18(2)19(3)15-22/h5-16H,1-4H3,(H,31,32,33). The van der Waals surface area contributed by atoms with Crippen LogP contribution in [-0.4, -0.2) is 15.9 Å². The van der Waals surface area contributed by atoms with Crippen LogP contribution in [0.15, 0.2) is 72.8 Å². The van der Waals surface area contributed by atoms with Crippen LogP contribution in [0.4, 0.5) is 5.13 Å². The molecule has 0 aliphatic heterocycles. The molecule has 0 spiro atoms. The van der Waals surface area contributed by atoms with Crippen molar-refractivity contribution in [3.8, 4) is 22.5 Å². The highest BCUT2D eigenvalue weighted by Gasteiger charge is 2.17. The van der Waals surface area contributed by atoms with Gasteiger partial charge in [0.1, 0.15) is 0 Å². The lowest BCUT2D eigenvalue weighted by molar-refractivity contribution is 0.102. The summed E-state index contributed by atoms with van der Waals surface area (Å²) in [5.74, 6) is -0.187. The number of hydrogen-bond acceptors (Lipinski definition) is 4. The van der Waals surface area contributed by atoms with Crippen molar-refractivity contribution in [1.29, 1.82) is 0 Å². The Morgan fingerprint density at radius 3 is 2.41 bits per heavy atom. The molecule has 3 aromatic carbocycles. The number of nitrogens with one attached hydrogen (secondary N) is 1. The zero-order valence-electron chi connectivity index (χ0n) is 19.6. The minimum absolute atomic E-state index is 0.187. The van der Waals surface area contributed by atoms with Gasteiger partial charge >= 0.3 is 0 Å². The predicted molar refractivity (Wildman–Crippen MR) is 142 cm³/mol. The van der Waals surface area contributed by atoms with Crippen LogP contribution in [0.25, 0.3) is 33.4 Å². The van der Waals surface area contributed by atoms with Gasteiger partial charge in [-0.3, -0.25) is 10.1 Å². The van der Waals surface area contributed by atoms with Gasteiger partial charge in [-0.25, -0.2) is 9.97 Å². The molecule has 1 N–H and O–H groups in total. The zero-order valence-corrected chi connectivity index (χ0v) is 20.5. The maximum Gasteiger partial charge on any atom is 0.258 e. The second kappa shape index (κ2) is 8.84. The number of aryl methyl sites for hydroxylation is 4. The van der Waals surface area contributed by atoms with E-state index >= 15 is 0 Å². The van der Waals surface area contributed by atoms with Crippen molar-refractivity contribution in [2.24, 2.45) is 0 Å². The molecule has 0 aliphatic carbocycles. The van der Waals surface area contributed by atoms with E-state index in [2.05, 4.69) is 56.4 Å². The van der Waals surface area contributed by atoms with E-state index in [9.17, 15) is 4.79 Å². The first-order valence-electron chi connectivity index (χ1n) is 11.2. The second-order valence-corrected chi connectivity index (χ2v) is 9.82. The fourth-order valence-electron chi connectivity index (χ4n) is 4.09. The predicted octanol–water partition coefficient (Wildman–Crippen LogP) is 7.51. The molecule has 0 bridgehead atoms. The Morgan fingerprint density at radius 2 is 1.62 bits per heavy atom. The Kier molecular flexibility index (Phi) is 5.72. The van der Waals surface area contributed by atoms with Crippen LogP contribution in [0.2, 0.25) is 0 Å². The quantitative estimate of drug-likeness (QED) is 0.300. The number of carbonyl (C=O) groups is 1. The average Bonchev–Trinajstić information content (AvgIpc) is 3.19. The van der Waals surface area contributed by atoms with Crippen molar-refractivity contribution in [3.63, 3.8) is 0 Å². The molecule has 0 fully saturated rings. The van der Waals surface area contributed by atoms with Crippen molar-refractivity contribution in [3.05, 3.63) is 99.9 Å². The van der Waals surface area contributed by atoms with Crippen molar-refractivity contribution >= 4 is 33.3 Å². The minimum atomic E-state index is -0.187. The van der Waals surface area contributed by atoms with Gasteiger partial charge in [0.15, 0.2) is 5.13 Å². The highest BCUT2D eigenvalue weighted by atomic mass is 32.1. The van der Waals surface area contributed by atoms with E-state index in [4.69, 9.17) is 9.97 Å². The fraction of sp³-hybridized carbons (Fsp3) is 0.138. The molecule has 2 aromatic heterocycles. The Labute approximate surface area is 203 Å². The topological polar surface area (TPSA) is 54.9 Å². The lowest BCUT2D eigenvalue weighted by Gasteiger charge is -2.10. The number of fused-ring (bicyclic) bond motifs is 1. The van der Waals surface area contributed by atoms with Gasteiger partial charge < -0.3 is 0 Å². The summed E-state index contributed by atoms with van der Waals surface area (Å²) in [6.45, 7) is 8.29. The van der Waals surface area contributed by atoms with Crippen LogP contribution in [0.1, 0.15) is 31.9 Å². The first kappa shape index (κ1) is 22.0. The summed E-state index contributed by atoms with van der Waals surface area (Å²) in [7, 11) is 0. The molecule has 5 heteroatoms. The highest BCUT2D eigenvalue weighted by molar-refractivity contribution is 7.16. The number of carbonyl (C=O) groups excluding carboxylic acids is 1. The van der Waals surface area contributed by atoms with Gasteiger partial charge in [-0.05, 0) is 63.1 Å². The van der Waals surface area contributed by atoms with E-state index in [1.54, 1.807) is 0 Å². The Bertz CT molecular complexity index is 1550. The summed E-state index contributed by atoms with van der Waals surface area (Å²) >= 11 is 1.49. The van der Waals surface area contributed by atoms with Crippen LogP contribution in [0, 0.1) is 27.7 Å². The Hall–Kier alpha value is -3.83. The summed E-state index contributed by atoms with van der Waals surface area (Å²) in [5.41, 5.74) is 8.73. The Morgan fingerprint density at radius 1 is 0.794 bits per heavy atom. The maximum absolute atomic E-state index is 13.5. The Balaban J connectivity index is 1.52. The molecule has 168 valence electrons. The van der Waals surface area contributed by atoms with E-state index in [-0.39, 0.29) is 5.91 Å². The van der Waals surface area contributed by atoms with Crippen LogP contribution < -0.4 is 5.32 Å². The van der Waals surface area contributed by atoms with Crippen LogP contribution in [0.5, 0.6) is 0 Å². The van der Waals surface area contributed by atoms with Crippen molar-refractivity contribution in [1.82, 2.24) is 9.97 Å². The number of hydrogen-bond donors (Lipinski definition) is 1. The lowest BCUT2D eigenvalue weighted by Crippen LogP contribution is -2.13. The van der Waals surface area contributed by atoms with E-state index in [1.807, 2.05) is 49.4 Å². The smallest absolute Gasteiger partial charge is 0.258 e. The van der Waals surface area contributed by atoms with Gasteiger partial charge in [-0.1, -0.05) is 54.1 Å². The normalized spacial score (nSPS) is 11.1. The second-order valence-electron chi connectivity index (χ2n) is 8.62. The zero-order chi connectivity index (χ0) is 23.8. The molecule has 0 aliphatic rings. The first-order valence-corrected chi connectivity index (χ1v) is 12.0. The first-order chi connectivity index (χ1) is 16.4. The van der Waals surface area contributed by atoms with Gasteiger partial charge in [-0.15, -0.1) is 11.3 Å². The molecule has 0 radical (unpaired) electrons. The molecule has 0 saturated carbocycles. The van der Waals surface area contributed by atoms with Crippen molar-refractivity contribution in [2.45, 2.75) is 27.7 Å². The summed E-state index contributed by atoms with van der Waals surface area (Å²) < 4.78 is 0. The van der Waals surface area contributed by atoms with Crippen LogP contribution >= 0.6 is 11.3 Å². The number of aromatic nitrogens is 2. The molecular weight excluding hydrogens is 438 g/mol. The number of para-hydroxylation sites is 1. The number of anilines is 1. The van der Waals surface area contributed by atoms with Gasteiger partial charge in [-0.2, -0.15) is 0 Å². The molecule has 5 aromatic rings. The summed E-state index contributed by atoms with van der Waals surface area (Å²) in [4.78, 5) is 24.1. The number of pyridine rings is 1. The number of benzene rings is 3. The lowest BCUT2D eigenvalue weighted by atomic mass is 10.0. The third-order valence-electron chi connectivity index (χ3n) is 6.07. The number of amides is 1. The number of thiazole rings is 1. The van der Waals surface area contributed by atoms with Gasteiger partial charge in [0.25, 0.3) is 5.91 Å². The fourth-order valence-corrected chi connectivity index (χ4v) is 4.92. The number of nitrogens with zero attached hydrogens (tertiary/aromatic N) is 2. The van der Waals surface area contributed by atoms with E-state index in [0.29, 0.717) is 10.7 Å². The van der Waals surface area contributed by atoms with Crippen molar-refractivity contribution < 1.29 is 4.79 Å². The van der Waals surface area contributed by atoms with Crippen molar-refractivity contribution in [2.75, 3.05) is 5.32 Å². The molecular formula is C29H25N3OS. The summed E-state index contributed by atoms with van der Waals surface area (Å²) in [6, 6.07) is 24.1. The van der Waals surface area contributed by atoms with E-state index in [1.165, 1.54) is 22.5 Å². The third kappa shape index (κ3) is 4.22. The summed E-state index contributed by atoms with van der Waals surface area (Å²) in [5, 5.41) is 4.45. The molecule has 0 saturated heterocycles.